The van der Waals surface area contributed by atoms with Crippen molar-refractivity contribution in [2.75, 3.05) is 0 Å². The van der Waals surface area contributed by atoms with Crippen LogP contribution in [0.4, 0.5) is 0 Å². The molecule has 1 unspecified atom stereocenters. The van der Waals surface area contributed by atoms with Gasteiger partial charge < -0.3 is 10.8 Å². The Balaban J connectivity index is 2.79. The molecule has 66 valence electrons. The lowest BCUT2D eigenvalue weighted by Crippen LogP contribution is -2.35. The number of aromatic nitrogens is 2. The van der Waals surface area contributed by atoms with Gasteiger partial charge in [0.25, 0.3) is 0 Å². The first-order valence-electron chi connectivity index (χ1n) is 3.53. The highest BCUT2D eigenvalue weighted by Gasteiger charge is 2.25. The van der Waals surface area contributed by atoms with E-state index in [1.165, 1.54) is 17.8 Å². The minimum absolute atomic E-state index is 0.144. The van der Waals surface area contributed by atoms with E-state index in [0.29, 0.717) is 0 Å². The number of carbonyl (C=O) groups excluding carboxylic acids is 1. The predicted octanol–water partition coefficient (Wildman–Crippen LogP) is -0.577. The smallest absolute Gasteiger partial charge is 0.222 e. The molecule has 0 saturated carbocycles. The number of rotatable bonds is 3. The monoisotopic (exact) mass is 169 g/mol. The van der Waals surface area contributed by atoms with Crippen molar-refractivity contribution >= 4 is 5.91 Å². The molecule has 1 atom stereocenters. The van der Waals surface area contributed by atoms with E-state index < -0.39 is 11.6 Å². The maximum atomic E-state index is 10.5. The van der Waals surface area contributed by atoms with Crippen LogP contribution >= 0.6 is 0 Å². The number of amides is 1. The molecule has 1 heterocycles. The predicted molar refractivity (Wildman–Crippen MR) is 41.9 cm³/mol. The van der Waals surface area contributed by atoms with Gasteiger partial charge in [0.05, 0.1) is 6.42 Å². The summed E-state index contributed by atoms with van der Waals surface area (Å²) >= 11 is 0. The molecule has 12 heavy (non-hydrogen) atoms. The number of hydrogen-bond acceptors (Lipinski definition) is 3. The van der Waals surface area contributed by atoms with Crippen molar-refractivity contribution in [3.8, 4) is 0 Å². The number of primary amides is 1. The maximum absolute atomic E-state index is 10.5. The van der Waals surface area contributed by atoms with E-state index in [4.69, 9.17) is 5.73 Å². The van der Waals surface area contributed by atoms with E-state index in [9.17, 15) is 9.90 Å². The van der Waals surface area contributed by atoms with Crippen LogP contribution in [0.25, 0.3) is 0 Å². The SMILES string of the molecule is CC(O)(CC(N)=O)n1cccn1. The number of carbonyl (C=O) groups is 1. The van der Waals surface area contributed by atoms with Crippen LogP contribution in [0.3, 0.4) is 0 Å². The summed E-state index contributed by atoms with van der Waals surface area (Å²) < 4.78 is 1.29. The van der Waals surface area contributed by atoms with E-state index in [2.05, 4.69) is 5.10 Å². The summed E-state index contributed by atoms with van der Waals surface area (Å²) in [6.45, 7) is 1.48. The number of hydrogen-bond donors (Lipinski definition) is 2. The Labute approximate surface area is 69.8 Å². The second-order valence-electron chi connectivity index (χ2n) is 2.81. The Morgan fingerprint density at radius 3 is 2.92 bits per heavy atom. The van der Waals surface area contributed by atoms with Crippen LogP contribution in [0.15, 0.2) is 18.5 Å². The van der Waals surface area contributed by atoms with Gasteiger partial charge in [-0.25, -0.2) is 4.68 Å². The fourth-order valence-corrected chi connectivity index (χ4v) is 0.965. The lowest BCUT2D eigenvalue weighted by atomic mass is 10.2. The van der Waals surface area contributed by atoms with Crippen LogP contribution in [0.2, 0.25) is 0 Å². The average molecular weight is 169 g/mol. The minimum atomic E-state index is -1.32. The molecule has 0 radical (unpaired) electrons. The van der Waals surface area contributed by atoms with Gasteiger partial charge in [0.15, 0.2) is 5.72 Å². The van der Waals surface area contributed by atoms with Crippen LogP contribution in [-0.4, -0.2) is 20.8 Å². The lowest BCUT2D eigenvalue weighted by Gasteiger charge is -2.21. The molecule has 1 rings (SSSR count). The van der Waals surface area contributed by atoms with Gasteiger partial charge in [0, 0.05) is 12.4 Å². The Morgan fingerprint density at radius 1 is 1.83 bits per heavy atom. The summed E-state index contributed by atoms with van der Waals surface area (Å²) in [4.78, 5) is 10.5. The molecular formula is C7H11N3O2. The molecule has 5 heteroatoms. The molecule has 0 aliphatic heterocycles. The molecular weight excluding hydrogens is 158 g/mol. The Kier molecular flexibility index (Phi) is 2.14. The lowest BCUT2D eigenvalue weighted by molar-refractivity contribution is -0.127. The third-order valence-corrected chi connectivity index (χ3v) is 1.51. The van der Waals surface area contributed by atoms with Crippen molar-refractivity contribution in [3.63, 3.8) is 0 Å². The molecule has 1 aromatic rings. The van der Waals surface area contributed by atoms with E-state index in [0.717, 1.165) is 0 Å². The molecule has 0 aromatic carbocycles. The van der Waals surface area contributed by atoms with E-state index in [1.54, 1.807) is 12.3 Å². The Hall–Kier alpha value is -1.36. The highest BCUT2D eigenvalue weighted by Crippen LogP contribution is 2.13. The summed E-state index contributed by atoms with van der Waals surface area (Å²) in [6.07, 6.45) is 2.95. The quantitative estimate of drug-likeness (QED) is 0.635. The summed E-state index contributed by atoms with van der Waals surface area (Å²) in [5.74, 6) is -0.560. The number of aliphatic hydroxyl groups is 1. The first-order chi connectivity index (χ1) is 5.52. The zero-order chi connectivity index (χ0) is 9.19. The van der Waals surface area contributed by atoms with Crippen molar-refractivity contribution < 1.29 is 9.90 Å². The molecule has 0 aliphatic carbocycles. The molecule has 0 saturated heterocycles. The number of nitrogens with zero attached hydrogens (tertiary/aromatic N) is 2. The van der Waals surface area contributed by atoms with Crippen LogP contribution in [0.5, 0.6) is 0 Å². The molecule has 1 amide bonds. The van der Waals surface area contributed by atoms with Gasteiger partial charge >= 0.3 is 0 Å². The highest BCUT2D eigenvalue weighted by atomic mass is 16.3. The van der Waals surface area contributed by atoms with Crippen molar-refractivity contribution in [2.24, 2.45) is 5.73 Å². The average Bonchev–Trinajstić information content (AvgIpc) is 2.32. The molecule has 5 nitrogen and oxygen atoms in total. The van der Waals surface area contributed by atoms with Crippen LogP contribution in [0, 0.1) is 0 Å². The van der Waals surface area contributed by atoms with Crippen molar-refractivity contribution in [1.29, 1.82) is 0 Å². The van der Waals surface area contributed by atoms with Gasteiger partial charge in [-0.2, -0.15) is 5.10 Å². The maximum Gasteiger partial charge on any atom is 0.222 e. The molecule has 0 aliphatic rings. The van der Waals surface area contributed by atoms with E-state index in [-0.39, 0.29) is 6.42 Å². The van der Waals surface area contributed by atoms with Crippen LogP contribution in [0.1, 0.15) is 13.3 Å². The highest BCUT2D eigenvalue weighted by molar-refractivity contribution is 5.74. The molecule has 1 aromatic heterocycles. The summed E-state index contributed by atoms with van der Waals surface area (Å²) in [7, 11) is 0. The summed E-state index contributed by atoms with van der Waals surface area (Å²) in [5.41, 5.74) is 3.62. The van der Waals surface area contributed by atoms with Crippen LogP contribution in [-0.2, 0) is 10.5 Å². The van der Waals surface area contributed by atoms with Crippen molar-refractivity contribution in [1.82, 2.24) is 9.78 Å². The molecule has 0 bridgehead atoms. The number of nitrogens with two attached hydrogens (primary N) is 1. The third kappa shape index (κ3) is 1.82. The fourth-order valence-electron chi connectivity index (χ4n) is 0.965. The van der Waals surface area contributed by atoms with Gasteiger partial charge in [0.1, 0.15) is 0 Å². The van der Waals surface area contributed by atoms with Crippen molar-refractivity contribution in [2.45, 2.75) is 19.1 Å². The molecule has 0 spiro atoms. The second-order valence-corrected chi connectivity index (χ2v) is 2.81. The van der Waals surface area contributed by atoms with Crippen LogP contribution < -0.4 is 5.73 Å². The zero-order valence-corrected chi connectivity index (χ0v) is 6.77. The minimum Gasteiger partial charge on any atom is -0.370 e. The summed E-state index contributed by atoms with van der Waals surface area (Å²) in [6, 6.07) is 1.66. The second kappa shape index (κ2) is 2.94. The van der Waals surface area contributed by atoms with Gasteiger partial charge in [0.2, 0.25) is 5.91 Å². The summed E-state index contributed by atoms with van der Waals surface area (Å²) in [5, 5.41) is 13.4. The first kappa shape index (κ1) is 8.73. The largest absolute Gasteiger partial charge is 0.370 e. The van der Waals surface area contributed by atoms with Gasteiger partial charge in [-0.3, -0.25) is 4.79 Å². The van der Waals surface area contributed by atoms with Gasteiger partial charge in [-0.1, -0.05) is 0 Å². The van der Waals surface area contributed by atoms with Gasteiger partial charge in [-0.15, -0.1) is 0 Å². The van der Waals surface area contributed by atoms with E-state index in [1.807, 2.05) is 0 Å². The molecule has 3 N–H and O–H groups in total. The fraction of sp³-hybridized carbons (Fsp3) is 0.429. The standard InChI is InChI=1S/C7H11N3O2/c1-7(12,5-6(8)11)10-4-2-3-9-10/h2-4,12H,5H2,1H3,(H2,8,11). The van der Waals surface area contributed by atoms with Gasteiger partial charge in [-0.05, 0) is 13.0 Å². The van der Waals surface area contributed by atoms with Crippen molar-refractivity contribution in [3.05, 3.63) is 18.5 Å². The Bertz CT molecular complexity index is 266. The zero-order valence-electron chi connectivity index (χ0n) is 6.77. The first-order valence-corrected chi connectivity index (χ1v) is 3.53. The topological polar surface area (TPSA) is 81.1 Å². The molecule has 0 fully saturated rings. The van der Waals surface area contributed by atoms with E-state index >= 15 is 0 Å². The third-order valence-electron chi connectivity index (χ3n) is 1.51. The normalized spacial score (nSPS) is 15.5. The Morgan fingerprint density at radius 2 is 2.50 bits per heavy atom.